The van der Waals surface area contributed by atoms with Gasteiger partial charge in [-0.05, 0) is 71.6 Å². The molecule has 1 heterocycles. The predicted octanol–water partition coefficient (Wildman–Crippen LogP) is 8.35. The molecule has 0 saturated carbocycles. The normalized spacial score (nSPS) is 12.1. The summed E-state index contributed by atoms with van der Waals surface area (Å²) in [6.07, 6.45) is 19.2. The lowest BCUT2D eigenvalue weighted by atomic mass is 9.99. The van der Waals surface area contributed by atoms with E-state index in [4.69, 9.17) is 0 Å². The van der Waals surface area contributed by atoms with Crippen molar-refractivity contribution in [2.24, 2.45) is 0 Å². The maximum Gasteiger partial charge on any atom is 0.159 e. The zero-order valence-electron chi connectivity index (χ0n) is 20.0. The highest BCUT2D eigenvalue weighted by Gasteiger charge is 2.19. The van der Waals surface area contributed by atoms with Crippen LogP contribution in [0.1, 0.15) is 93.9 Å². The van der Waals surface area contributed by atoms with E-state index in [0.717, 1.165) is 24.2 Å². The van der Waals surface area contributed by atoms with Gasteiger partial charge in [-0.1, -0.05) is 89.1 Å². The van der Waals surface area contributed by atoms with Gasteiger partial charge in [0, 0.05) is 18.0 Å². The van der Waals surface area contributed by atoms with E-state index in [0.29, 0.717) is 0 Å². The average Bonchev–Trinajstić information content (AvgIpc) is 3.19. The Balaban J connectivity index is 1.39. The lowest BCUT2D eigenvalue weighted by Crippen LogP contribution is -1.94. The standard InChI is InChI=1S/C30H38N2/c1-3-5-7-9-11-12-23-14-16-28-26(18-23)20-27-19-25(15-17-29(27)28)30-31-21-24(22-32-30)13-10-8-6-4-2/h14-19,21-22H,3-13,20H2,1-2H3. The summed E-state index contributed by atoms with van der Waals surface area (Å²) in [6.45, 7) is 4.53. The summed E-state index contributed by atoms with van der Waals surface area (Å²) in [7, 11) is 0. The van der Waals surface area contributed by atoms with Crippen LogP contribution in [0.15, 0.2) is 48.8 Å². The molecule has 0 spiro atoms. The van der Waals surface area contributed by atoms with Crippen LogP contribution in [-0.2, 0) is 19.3 Å². The molecule has 0 atom stereocenters. The molecular formula is C30H38N2. The third-order valence-electron chi connectivity index (χ3n) is 6.80. The molecule has 2 aromatic carbocycles. The summed E-state index contributed by atoms with van der Waals surface area (Å²) in [6, 6.07) is 13.9. The van der Waals surface area contributed by atoms with Crippen LogP contribution in [0, 0.1) is 0 Å². The van der Waals surface area contributed by atoms with Crippen LogP contribution in [0.2, 0.25) is 0 Å². The summed E-state index contributed by atoms with van der Waals surface area (Å²) in [5.41, 5.74) is 9.55. The number of aryl methyl sites for hydroxylation is 2. The molecule has 0 amide bonds. The van der Waals surface area contributed by atoms with Gasteiger partial charge in [-0.3, -0.25) is 0 Å². The van der Waals surface area contributed by atoms with Crippen molar-refractivity contribution in [2.45, 2.75) is 90.9 Å². The minimum Gasteiger partial charge on any atom is -0.236 e. The minimum absolute atomic E-state index is 0.842. The molecule has 4 rings (SSSR count). The molecule has 0 saturated heterocycles. The van der Waals surface area contributed by atoms with Crippen LogP contribution < -0.4 is 0 Å². The number of nitrogens with zero attached hydrogens (tertiary/aromatic N) is 2. The Morgan fingerprint density at radius 3 is 1.94 bits per heavy atom. The maximum atomic E-state index is 4.68. The number of hydrogen-bond acceptors (Lipinski definition) is 2. The zero-order valence-corrected chi connectivity index (χ0v) is 20.0. The number of unbranched alkanes of at least 4 members (excludes halogenated alkanes) is 7. The number of hydrogen-bond donors (Lipinski definition) is 0. The number of rotatable bonds is 12. The summed E-state index contributed by atoms with van der Waals surface area (Å²) >= 11 is 0. The first-order valence-electron chi connectivity index (χ1n) is 12.8. The molecule has 0 N–H and O–H groups in total. The Labute approximate surface area is 194 Å². The monoisotopic (exact) mass is 426 g/mol. The van der Waals surface area contributed by atoms with Crippen molar-refractivity contribution in [3.8, 4) is 22.5 Å². The van der Waals surface area contributed by atoms with Crippen molar-refractivity contribution >= 4 is 0 Å². The van der Waals surface area contributed by atoms with Gasteiger partial charge in [-0.15, -0.1) is 0 Å². The van der Waals surface area contributed by atoms with Gasteiger partial charge in [-0.2, -0.15) is 0 Å². The molecule has 0 radical (unpaired) electrons. The van der Waals surface area contributed by atoms with E-state index in [9.17, 15) is 0 Å². The number of fused-ring (bicyclic) bond motifs is 3. The summed E-state index contributed by atoms with van der Waals surface area (Å²) in [4.78, 5) is 9.36. The van der Waals surface area contributed by atoms with Crippen molar-refractivity contribution in [1.82, 2.24) is 9.97 Å². The van der Waals surface area contributed by atoms with Gasteiger partial charge in [0.2, 0.25) is 0 Å². The van der Waals surface area contributed by atoms with Crippen LogP contribution in [-0.4, -0.2) is 9.97 Å². The van der Waals surface area contributed by atoms with Crippen LogP contribution >= 0.6 is 0 Å². The quantitative estimate of drug-likeness (QED) is 0.213. The Morgan fingerprint density at radius 2 is 1.22 bits per heavy atom. The number of aromatic nitrogens is 2. The molecule has 0 unspecified atom stereocenters. The van der Waals surface area contributed by atoms with Gasteiger partial charge in [0.25, 0.3) is 0 Å². The fourth-order valence-electron chi connectivity index (χ4n) is 4.88. The lowest BCUT2D eigenvalue weighted by Gasteiger charge is -2.06. The van der Waals surface area contributed by atoms with Crippen molar-refractivity contribution in [3.05, 3.63) is 71.0 Å². The van der Waals surface area contributed by atoms with E-state index in [-0.39, 0.29) is 0 Å². The van der Waals surface area contributed by atoms with Gasteiger partial charge in [0.1, 0.15) is 0 Å². The smallest absolute Gasteiger partial charge is 0.159 e. The SMILES string of the molecule is CCCCCCCc1ccc2c(c1)Cc1cc(-c3ncc(CCCCCC)cn3)ccc1-2. The topological polar surface area (TPSA) is 25.8 Å². The van der Waals surface area contributed by atoms with E-state index < -0.39 is 0 Å². The second kappa shape index (κ2) is 11.4. The molecular weight excluding hydrogens is 388 g/mol. The molecule has 32 heavy (non-hydrogen) atoms. The maximum absolute atomic E-state index is 4.68. The number of benzene rings is 2. The third-order valence-corrected chi connectivity index (χ3v) is 6.80. The molecule has 0 bridgehead atoms. The molecule has 168 valence electrons. The Kier molecular flexibility index (Phi) is 8.09. The summed E-state index contributed by atoms with van der Waals surface area (Å²) in [5.74, 6) is 0.842. The molecule has 2 nitrogen and oxygen atoms in total. The molecule has 1 aliphatic carbocycles. The summed E-state index contributed by atoms with van der Waals surface area (Å²) < 4.78 is 0. The van der Waals surface area contributed by atoms with E-state index in [1.165, 1.54) is 97.6 Å². The van der Waals surface area contributed by atoms with E-state index in [1.54, 1.807) is 0 Å². The van der Waals surface area contributed by atoms with Crippen molar-refractivity contribution < 1.29 is 0 Å². The zero-order chi connectivity index (χ0) is 22.2. The first kappa shape index (κ1) is 22.7. The van der Waals surface area contributed by atoms with Crippen LogP contribution in [0.4, 0.5) is 0 Å². The fraction of sp³-hybridized carbons (Fsp3) is 0.467. The van der Waals surface area contributed by atoms with Gasteiger partial charge >= 0.3 is 0 Å². The first-order valence-corrected chi connectivity index (χ1v) is 12.8. The van der Waals surface area contributed by atoms with Crippen LogP contribution in [0.3, 0.4) is 0 Å². The van der Waals surface area contributed by atoms with E-state index in [2.05, 4.69) is 60.2 Å². The van der Waals surface area contributed by atoms with Crippen molar-refractivity contribution in [2.75, 3.05) is 0 Å². The predicted molar refractivity (Wildman–Crippen MR) is 136 cm³/mol. The van der Waals surface area contributed by atoms with Crippen LogP contribution in [0.25, 0.3) is 22.5 Å². The lowest BCUT2D eigenvalue weighted by molar-refractivity contribution is 0.632. The summed E-state index contributed by atoms with van der Waals surface area (Å²) in [5, 5.41) is 0. The average molecular weight is 427 g/mol. The highest BCUT2D eigenvalue weighted by atomic mass is 14.9. The molecule has 0 aliphatic heterocycles. The third kappa shape index (κ3) is 5.65. The Hall–Kier alpha value is -2.48. The van der Waals surface area contributed by atoms with E-state index >= 15 is 0 Å². The van der Waals surface area contributed by atoms with Crippen LogP contribution in [0.5, 0.6) is 0 Å². The van der Waals surface area contributed by atoms with Crippen molar-refractivity contribution in [1.29, 1.82) is 0 Å². The molecule has 1 aliphatic rings. The Bertz CT molecular complexity index is 1000. The molecule has 1 aromatic heterocycles. The van der Waals surface area contributed by atoms with Gasteiger partial charge in [-0.25, -0.2) is 9.97 Å². The highest BCUT2D eigenvalue weighted by Crippen LogP contribution is 2.38. The first-order chi connectivity index (χ1) is 15.8. The minimum atomic E-state index is 0.842. The second-order valence-electron chi connectivity index (χ2n) is 9.43. The molecule has 2 heteroatoms. The second-order valence-corrected chi connectivity index (χ2v) is 9.43. The van der Waals surface area contributed by atoms with Crippen molar-refractivity contribution in [3.63, 3.8) is 0 Å². The molecule has 3 aromatic rings. The highest BCUT2D eigenvalue weighted by molar-refractivity contribution is 5.79. The fourth-order valence-corrected chi connectivity index (χ4v) is 4.88. The van der Waals surface area contributed by atoms with E-state index in [1.807, 2.05) is 12.4 Å². The Morgan fingerprint density at radius 1 is 0.625 bits per heavy atom. The largest absolute Gasteiger partial charge is 0.236 e. The van der Waals surface area contributed by atoms with Gasteiger partial charge < -0.3 is 0 Å². The molecule has 0 fully saturated rings. The van der Waals surface area contributed by atoms with Gasteiger partial charge in [0.15, 0.2) is 5.82 Å². The van der Waals surface area contributed by atoms with Gasteiger partial charge in [0.05, 0.1) is 0 Å².